The first-order chi connectivity index (χ1) is 17.4. The predicted octanol–water partition coefficient (Wildman–Crippen LogP) is 5.25. The first-order valence-electron chi connectivity index (χ1n) is 10.7. The van der Waals surface area contributed by atoms with Gasteiger partial charge >= 0.3 is 0 Å². The molecular weight excluding hydrogens is 461 g/mol. The van der Waals surface area contributed by atoms with Crippen LogP contribution in [0.25, 0.3) is 11.1 Å². The lowest BCUT2D eigenvalue weighted by molar-refractivity contribution is -0.112. The molecule has 0 saturated carbocycles. The van der Waals surface area contributed by atoms with Crippen molar-refractivity contribution in [2.24, 2.45) is 0 Å². The molecule has 0 aliphatic rings. The molecule has 0 atom stereocenters. The van der Waals surface area contributed by atoms with Crippen LogP contribution in [-0.2, 0) is 11.4 Å². The number of hydrogen-bond acceptors (Lipinski definition) is 7. The number of carbonyl (C=O) groups excluding carboxylic acids is 1. The maximum Gasteiger partial charge on any atom is 0.265 e. The van der Waals surface area contributed by atoms with E-state index in [1.807, 2.05) is 0 Å². The van der Waals surface area contributed by atoms with Crippen LogP contribution in [0, 0.1) is 17.1 Å². The van der Waals surface area contributed by atoms with Gasteiger partial charge in [0.2, 0.25) is 5.88 Å². The SMILES string of the molecule is C=C(C#N)C(=O)Nc1cccc(Oc2ncnc(N)c2-c2ccc(OCc3ccccc3F)cc2)c1. The van der Waals surface area contributed by atoms with Gasteiger partial charge in [0.1, 0.15) is 47.7 Å². The number of nitrogens with two attached hydrogens (primary N) is 1. The minimum absolute atomic E-state index is 0.0889. The lowest BCUT2D eigenvalue weighted by atomic mass is 10.1. The molecule has 4 rings (SSSR count). The predicted molar refractivity (Wildman–Crippen MR) is 133 cm³/mol. The molecule has 1 aromatic heterocycles. The molecule has 0 unspecified atom stereocenters. The van der Waals surface area contributed by atoms with Gasteiger partial charge in [0.15, 0.2) is 0 Å². The average molecular weight is 481 g/mol. The molecule has 36 heavy (non-hydrogen) atoms. The van der Waals surface area contributed by atoms with Gasteiger partial charge in [0, 0.05) is 17.3 Å². The summed E-state index contributed by atoms with van der Waals surface area (Å²) in [7, 11) is 0. The second kappa shape index (κ2) is 10.8. The highest BCUT2D eigenvalue weighted by Gasteiger charge is 2.15. The summed E-state index contributed by atoms with van der Waals surface area (Å²) in [5.74, 6) is 0.381. The standard InChI is InChI=1S/C27H20FN5O3/c1-17(14-29)26(34)33-20-6-4-7-22(13-20)36-27-24(25(30)31-16-32-27)18-9-11-21(12-10-18)35-15-19-5-2-3-8-23(19)28/h2-13,16H,1,15H2,(H,33,34)(H2,30,31,32). The number of aromatic nitrogens is 2. The van der Waals surface area contributed by atoms with E-state index in [9.17, 15) is 9.18 Å². The number of hydrogen-bond donors (Lipinski definition) is 2. The Morgan fingerprint density at radius 2 is 1.83 bits per heavy atom. The molecule has 0 radical (unpaired) electrons. The highest BCUT2D eigenvalue weighted by atomic mass is 19.1. The molecule has 0 aliphatic carbocycles. The summed E-state index contributed by atoms with van der Waals surface area (Å²) in [6.07, 6.45) is 1.28. The molecule has 3 N–H and O–H groups in total. The van der Waals surface area contributed by atoms with E-state index in [0.29, 0.717) is 33.9 Å². The highest BCUT2D eigenvalue weighted by Crippen LogP contribution is 2.36. The summed E-state index contributed by atoms with van der Waals surface area (Å²) in [5.41, 5.74) is 7.93. The van der Waals surface area contributed by atoms with Crippen LogP contribution in [-0.4, -0.2) is 15.9 Å². The van der Waals surface area contributed by atoms with E-state index in [0.717, 1.165) is 0 Å². The van der Waals surface area contributed by atoms with Gasteiger partial charge in [0.05, 0.1) is 5.56 Å². The van der Waals surface area contributed by atoms with Crippen molar-refractivity contribution < 1.29 is 18.7 Å². The molecular formula is C27H20FN5O3. The van der Waals surface area contributed by atoms with E-state index in [-0.39, 0.29) is 29.7 Å². The van der Waals surface area contributed by atoms with Gasteiger partial charge in [-0.15, -0.1) is 0 Å². The molecule has 9 heteroatoms. The van der Waals surface area contributed by atoms with Crippen LogP contribution in [0.5, 0.6) is 17.4 Å². The Bertz CT molecular complexity index is 1470. The Labute approximate surface area is 206 Å². The van der Waals surface area contributed by atoms with Gasteiger partial charge in [0.25, 0.3) is 5.91 Å². The Kier molecular flexibility index (Phi) is 7.17. The molecule has 1 amide bonds. The molecule has 4 aromatic rings. The Balaban J connectivity index is 1.53. The smallest absolute Gasteiger partial charge is 0.265 e. The second-order valence-electron chi connectivity index (χ2n) is 7.52. The van der Waals surface area contributed by atoms with Crippen LogP contribution in [0.3, 0.4) is 0 Å². The summed E-state index contributed by atoms with van der Waals surface area (Å²) in [5, 5.41) is 11.4. The molecule has 0 fully saturated rings. The lowest BCUT2D eigenvalue weighted by Crippen LogP contribution is -2.12. The zero-order chi connectivity index (χ0) is 25.5. The Morgan fingerprint density at radius 3 is 2.58 bits per heavy atom. The van der Waals surface area contributed by atoms with E-state index in [2.05, 4.69) is 21.9 Å². The number of amides is 1. The van der Waals surface area contributed by atoms with E-state index >= 15 is 0 Å². The molecule has 8 nitrogen and oxygen atoms in total. The number of nitrogens with one attached hydrogen (secondary N) is 1. The monoisotopic (exact) mass is 481 g/mol. The van der Waals surface area contributed by atoms with Crippen LogP contribution < -0.4 is 20.5 Å². The summed E-state index contributed by atoms with van der Waals surface area (Å²) >= 11 is 0. The van der Waals surface area contributed by atoms with E-state index in [4.69, 9.17) is 20.5 Å². The van der Waals surface area contributed by atoms with Crippen LogP contribution in [0.2, 0.25) is 0 Å². The zero-order valence-corrected chi connectivity index (χ0v) is 18.9. The van der Waals surface area contributed by atoms with E-state index < -0.39 is 5.91 Å². The average Bonchev–Trinajstić information content (AvgIpc) is 2.88. The Hall–Kier alpha value is -5.23. The fraction of sp³-hybridized carbons (Fsp3) is 0.0370. The maximum atomic E-state index is 13.8. The number of rotatable bonds is 8. The van der Waals surface area contributed by atoms with Crippen molar-refractivity contribution in [3.8, 4) is 34.6 Å². The number of anilines is 2. The van der Waals surface area contributed by atoms with Gasteiger partial charge in [-0.3, -0.25) is 4.79 Å². The third-order valence-corrected chi connectivity index (χ3v) is 5.05. The van der Waals surface area contributed by atoms with Crippen LogP contribution in [0.4, 0.5) is 15.9 Å². The van der Waals surface area contributed by atoms with Crippen molar-refractivity contribution in [2.75, 3.05) is 11.1 Å². The number of carbonyl (C=O) groups is 1. The number of halogens is 1. The van der Waals surface area contributed by atoms with Crippen molar-refractivity contribution >= 4 is 17.4 Å². The molecule has 178 valence electrons. The minimum atomic E-state index is -0.612. The summed E-state index contributed by atoms with van der Waals surface area (Å²) < 4.78 is 25.5. The topological polar surface area (TPSA) is 123 Å². The first kappa shape index (κ1) is 23.9. The number of benzene rings is 3. The number of nitriles is 1. The molecule has 0 bridgehead atoms. The van der Waals surface area contributed by atoms with Crippen LogP contribution >= 0.6 is 0 Å². The largest absolute Gasteiger partial charge is 0.489 e. The van der Waals surface area contributed by atoms with Crippen molar-refractivity contribution in [3.63, 3.8) is 0 Å². The van der Waals surface area contributed by atoms with Gasteiger partial charge < -0.3 is 20.5 Å². The summed E-state index contributed by atoms with van der Waals surface area (Å²) in [6, 6.07) is 21.7. The zero-order valence-electron chi connectivity index (χ0n) is 18.9. The number of nitrogens with zero attached hydrogens (tertiary/aromatic N) is 3. The van der Waals surface area contributed by atoms with Gasteiger partial charge in [-0.25, -0.2) is 14.4 Å². The number of nitrogen functional groups attached to an aromatic ring is 1. The summed E-state index contributed by atoms with van der Waals surface area (Å²) in [6.45, 7) is 3.48. The second-order valence-corrected chi connectivity index (χ2v) is 7.52. The van der Waals surface area contributed by atoms with E-state index in [1.54, 1.807) is 72.8 Å². The Morgan fingerprint density at radius 1 is 1.06 bits per heavy atom. The molecule has 1 heterocycles. The molecule has 0 aliphatic heterocycles. The maximum absolute atomic E-state index is 13.8. The van der Waals surface area contributed by atoms with Gasteiger partial charge in [-0.2, -0.15) is 5.26 Å². The fourth-order valence-electron chi connectivity index (χ4n) is 3.23. The normalized spacial score (nSPS) is 10.2. The van der Waals surface area contributed by atoms with Crippen molar-refractivity contribution in [3.05, 3.63) is 103 Å². The fourth-order valence-corrected chi connectivity index (χ4v) is 3.23. The molecule has 0 saturated heterocycles. The molecule has 3 aromatic carbocycles. The third kappa shape index (κ3) is 5.63. The minimum Gasteiger partial charge on any atom is -0.489 e. The van der Waals surface area contributed by atoms with E-state index in [1.165, 1.54) is 12.4 Å². The number of ether oxygens (including phenoxy) is 2. The molecule has 0 spiro atoms. The van der Waals surface area contributed by atoms with Crippen LogP contribution in [0.15, 0.2) is 91.3 Å². The first-order valence-corrected chi connectivity index (χ1v) is 10.7. The third-order valence-electron chi connectivity index (χ3n) is 5.05. The highest BCUT2D eigenvalue weighted by molar-refractivity contribution is 6.06. The van der Waals surface area contributed by atoms with Crippen molar-refractivity contribution in [1.29, 1.82) is 5.26 Å². The van der Waals surface area contributed by atoms with Crippen molar-refractivity contribution in [1.82, 2.24) is 9.97 Å². The van der Waals surface area contributed by atoms with Crippen molar-refractivity contribution in [2.45, 2.75) is 6.61 Å². The van der Waals surface area contributed by atoms with Crippen LogP contribution in [0.1, 0.15) is 5.56 Å². The lowest BCUT2D eigenvalue weighted by Gasteiger charge is -2.13. The van der Waals surface area contributed by atoms with Gasteiger partial charge in [-0.05, 0) is 35.9 Å². The van der Waals surface area contributed by atoms with Gasteiger partial charge in [-0.1, -0.05) is 43.0 Å². The summed E-state index contributed by atoms with van der Waals surface area (Å²) in [4.78, 5) is 20.2. The quantitative estimate of drug-likeness (QED) is 0.260.